The van der Waals surface area contributed by atoms with Crippen molar-refractivity contribution in [3.63, 3.8) is 0 Å². The first-order valence-corrected chi connectivity index (χ1v) is 7.43. The number of amides is 1. The smallest absolute Gasteiger partial charge is 0.416 e. The molecule has 1 fully saturated rings. The molecule has 1 aliphatic heterocycles. The maximum atomic E-state index is 12.6. The number of benzene rings is 1. The molecule has 0 spiro atoms. The standard InChI is InChI=1S/C16H18F3NO4/c1-23-15(22)13(20-14(21)11-6-7-24-9-11)8-10-2-4-12(5-3-10)16(17,18)19/h2-5,11,13H,6-9H2,1H3,(H,20,21)/t11-,13+/m0/s1. The van der Waals surface area contributed by atoms with E-state index in [1.54, 1.807) is 0 Å². The van der Waals surface area contributed by atoms with Gasteiger partial charge < -0.3 is 14.8 Å². The van der Waals surface area contributed by atoms with Gasteiger partial charge in [-0.15, -0.1) is 0 Å². The highest BCUT2D eigenvalue weighted by molar-refractivity contribution is 5.86. The fourth-order valence-electron chi connectivity index (χ4n) is 2.43. The van der Waals surface area contributed by atoms with E-state index in [0.717, 1.165) is 12.1 Å². The SMILES string of the molecule is COC(=O)[C@@H](Cc1ccc(C(F)(F)F)cc1)NC(=O)[C@H]1CCOC1. The molecule has 0 bridgehead atoms. The van der Waals surface area contributed by atoms with Crippen LogP contribution < -0.4 is 5.32 Å². The summed E-state index contributed by atoms with van der Waals surface area (Å²) in [6.07, 6.45) is -3.80. The minimum Gasteiger partial charge on any atom is -0.467 e. The van der Waals surface area contributed by atoms with Gasteiger partial charge in [0.15, 0.2) is 0 Å². The second-order valence-electron chi connectivity index (χ2n) is 5.54. The molecule has 24 heavy (non-hydrogen) atoms. The topological polar surface area (TPSA) is 64.6 Å². The molecule has 0 unspecified atom stereocenters. The van der Waals surface area contributed by atoms with Crippen LogP contribution in [0.15, 0.2) is 24.3 Å². The molecule has 0 radical (unpaired) electrons. The lowest BCUT2D eigenvalue weighted by Gasteiger charge is -2.19. The van der Waals surface area contributed by atoms with Gasteiger partial charge in [-0.05, 0) is 24.1 Å². The van der Waals surface area contributed by atoms with Gasteiger partial charge >= 0.3 is 12.1 Å². The Kier molecular flexibility index (Phi) is 5.82. The summed E-state index contributed by atoms with van der Waals surface area (Å²) >= 11 is 0. The van der Waals surface area contributed by atoms with Gasteiger partial charge in [0.05, 0.1) is 25.2 Å². The van der Waals surface area contributed by atoms with E-state index in [0.29, 0.717) is 25.2 Å². The van der Waals surface area contributed by atoms with Gasteiger partial charge in [0, 0.05) is 13.0 Å². The molecule has 1 amide bonds. The number of methoxy groups -OCH3 is 1. The number of hydrogen-bond donors (Lipinski definition) is 1. The second kappa shape index (κ2) is 7.65. The van der Waals surface area contributed by atoms with Crippen molar-refractivity contribution in [1.29, 1.82) is 0 Å². The van der Waals surface area contributed by atoms with Crippen molar-refractivity contribution in [1.82, 2.24) is 5.32 Å². The number of rotatable bonds is 5. The average Bonchev–Trinajstić information content (AvgIpc) is 3.07. The van der Waals surface area contributed by atoms with Gasteiger partial charge in [0.2, 0.25) is 5.91 Å². The average molecular weight is 345 g/mol. The summed E-state index contributed by atoms with van der Waals surface area (Å²) in [5.74, 6) is -1.30. The summed E-state index contributed by atoms with van der Waals surface area (Å²) in [4.78, 5) is 23.9. The monoisotopic (exact) mass is 345 g/mol. The Morgan fingerprint density at radius 3 is 2.50 bits per heavy atom. The second-order valence-corrected chi connectivity index (χ2v) is 5.54. The number of ether oxygens (including phenoxy) is 2. The molecule has 1 aromatic rings. The van der Waals surface area contributed by atoms with Crippen LogP contribution >= 0.6 is 0 Å². The molecule has 0 aromatic heterocycles. The van der Waals surface area contributed by atoms with E-state index >= 15 is 0 Å². The molecule has 5 nitrogen and oxygen atoms in total. The number of carbonyl (C=O) groups is 2. The van der Waals surface area contributed by atoms with Crippen LogP contribution in [0, 0.1) is 5.92 Å². The van der Waals surface area contributed by atoms with Gasteiger partial charge in [0.1, 0.15) is 6.04 Å². The van der Waals surface area contributed by atoms with E-state index in [9.17, 15) is 22.8 Å². The van der Waals surface area contributed by atoms with E-state index in [1.807, 2.05) is 0 Å². The highest BCUT2D eigenvalue weighted by atomic mass is 19.4. The predicted octanol–water partition coefficient (Wildman–Crippen LogP) is 1.94. The predicted molar refractivity (Wildman–Crippen MR) is 78.0 cm³/mol. The van der Waals surface area contributed by atoms with Crippen LogP contribution in [0.2, 0.25) is 0 Å². The van der Waals surface area contributed by atoms with E-state index in [1.165, 1.54) is 19.2 Å². The lowest BCUT2D eigenvalue weighted by Crippen LogP contribution is -2.45. The number of hydrogen-bond acceptors (Lipinski definition) is 4. The molecule has 1 saturated heterocycles. The number of esters is 1. The Hall–Kier alpha value is -2.09. The van der Waals surface area contributed by atoms with Crippen LogP contribution in [0.1, 0.15) is 17.5 Å². The Balaban J connectivity index is 2.05. The molecule has 1 aromatic carbocycles. The van der Waals surface area contributed by atoms with Gasteiger partial charge in [0.25, 0.3) is 0 Å². The first kappa shape index (κ1) is 18.3. The minimum absolute atomic E-state index is 0.0458. The number of halogens is 3. The minimum atomic E-state index is -4.42. The zero-order valence-corrected chi connectivity index (χ0v) is 13.1. The van der Waals surface area contributed by atoms with Gasteiger partial charge in [-0.1, -0.05) is 12.1 Å². The summed E-state index contributed by atoms with van der Waals surface area (Å²) in [5.41, 5.74) is -0.283. The zero-order valence-electron chi connectivity index (χ0n) is 13.1. The molecule has 1 N–H and O–H groups in total. The van der Waals surface area contributed by atoms with Gasteiger partial charge in [-0.2, -0.15) is 13.2 Å². The van der Waals surface area contributed by atoms with Crippen LogP contribution in [0.3, 0.4) is 0 Å². The normalized spacial score (nSPS) is 18.9. The molecule has 0 saturated carbocycles. The molecule has 1 aliphatic rings. The van der Waals surface area contributed by atoms with E-state index in [2.05, 4.69) is 10.1 Å². The molecule has 2 atom stereocenters. The Morgan fingerprint density at radius 1 is 1.33 bits per heavy atom. The van der Waals surface area contributed by atoms with Crippen LogP contribution in [0.25, 0.3) is 0 Å². The Bertz CT molecular complexity index is 580. The zero-order chi connectivity index (χ0) is 17.7. The largest absolute Gasteiger partial charge is 0.467 e. The maximum absolute atomic E-state index is 12.6. The molecule has 1 heterocycles. The molecular formula is C16H18F3NO4. The molecule has 0 aliphatic carbocycles. The van der Waals surface area contributed by atoms with E-state index in [4.69, 9.17) is 4.74 Å². The summed E-state index contributed by atoms with van der Waals surface area (Å²) in [6, 6.07) is 3.49. The third kappa shape index (κ3) is 4.70. The third-order valence-corrected chi connectivity index (χ3v) is 3.82. The van der Waals surface area contributed by atoms with E-state index in [-0.39, 0.29) is 18.2 Å². The van der Waals surface area contributed by atoms with Gasteiger partial charge in [-0.3, -0.25) is 4.79 Å². The summed E-state index contributed by atoms with van der Waals surface area (Å²) in [7, 11) is 1.19. The van der Waals surface area contributed by atoms with Crippen LogP contribution in [0.5, 0.6) is 0 Å². The van der Waals surface area contributed by atoms with Crippen molar-refractivity contribution in [2.45, 2.75) is 25.1 Å². The summed E-state index contributed by atoms with van der Waals surface area (Å²) in [6.45, 7) is 0.778. The lowest BCUT2D eigenvalue weighted by molar-refractivity contribution is -0.145. The number of nitrogens with one attached hydrogen (secondary N) is 1. The van der Waals surface area contributed by atoms with Crippen molar-refractivity contribution in [2.24, 2.45) is 5.92 Å². The maximum Gasteiger partial charge on any atom is 0.416 e. The fourth-order valence-corrected chi connectivity index (χ4v) is 2.43. The summed E-state index contributed by atoms with van der Waals surface area (Å²) in [5, 5.41) is 2.59. The lowest BCUT2D eigenvalue weighted by atomic mass is 10.0. The third-order valence-electron chi connectivity index (χ3n) is 3.82. The highest BCUT2D eigenvalue weighted by Crippen LogP contribution is 2.29. The van der Waals surface area contributed by atoms with Crippen molar-refractivity contribution < 1.29 is 32.2 Å². The fraction of sp³-hybridized carbons (Fsp3) is 0.500. The first-order chi connectivity index (χ1) is 11.3. The van der Waals surface area contributed by atoms with Crippen LogP contribution in [0.4, 0.5) is 13.2 Å². The van der Waals surface area contributed by atoms with E-state index < -0.39 is 23.8 Å². The van der Waals surface area contributed by atoms with Crippen molar-refractivity contribution in [2.75, 3.05) is 20.3 Å². The number of carbonyl (C=O) groups excluding carboxylic acids is 2. The Morgan fingerprint density at radius 2 is 2.00 bits per heavy atom. The molecular weight excluding hydrogens is 327 g/mol. The Labute approximate surface area is 137 Å². The molecule has 8 heteroatoms. The summed E-state index contributed by atoms with van der Waals surface area (Å²) < 4.78 is 47.5. The van der Waals surface area contributed by atoms with Crippen molar-refractivity contribution in [3.8, 4) is 0 Å². The molecule has 2 rings (SSSR count). The quantitative estimate of drug-likeness (QED) is 0.829. The van der Waals surface area contributed by atoms with Crippen molar-refractivity contribution in [3.05, 3.63) is 35.4 Å². The highest BCUT2D eigenvalue weighted by Gasteiger charge is 2.31. The first-order valence-electron chi connectivity index (χ1n) is 7.43. The molecule has 132 valence electrons. The van der Waals surface area contributed by atoms with Gasteiger partial charge in [-0.25, -0.2) is 4.79 Å². The van der Waals surface area contributed by atoms with Crippen LogP contribution in [-0.4, -0.2) is 38.2 Å². The van der Waals surface area contributed by atoms with Crippen LogP contribution in [-0.2, 0) is 31.7 Å². The number of alkyl halides is 3. The van der Waals surface area contributed by atoms with Crippen molar-refractivity contribution >= 4 is 11.9 Å².